The van der Waals surface area contributed by atoms with E-state index in [4.69, 9.17) is 0 Å². The second kappa shape index (κ2) is 4.81. The number of hydrogen-bond acceptors (Lipinski definition) is 4. The molecule has 6 nitrogen and oxygen atoms in total. The highest BCUT2D eigenvalue weighted by Crippen LogP contribution is 2.37. The maximum Gasteiger partial charge on any atom is 0.317 e. The smallest absolute Gasteiger partial charge is 0.317 e. The quantitative estimate of drug-likeness (QED) is 0.856. The van der Waals surface area contributed by atoms with Crippen molar-refractivity contribution in [2.24, 2.45) is 0 Å². The van der Waals surface area contributed by atoms with Crippen LogP contribution < -0.4 is 0 Å². The van der Waals surface area contributed by atoms with Gasteiger partial charge in [-0.2, -0.15) is 4.80 Å². The van der Waals surface area contributed by atoms with Crippen molar-refractivity contribution in [1.29, 1.82) is 0 Å². The van der Waals surface area contributed by atoms with E-state index in [0.29, 0.717) is 25.2 Å². The first-order valence-electron chi connectivity index (χ1n) is 6.21. The Kier molecular flexibility index (Phi) is 3.40. The largest absolute Gasteiger partial charge is 0.480 e. The molecular formula is C11H18N4O2. The number of tetrazole rings is 1. The Labute approximate surface area is 100 Å². The van der Waals surface area contributed by atoms with Gasteiger partial charge in [0.15, 0.2) is 5.82 Å². The predicted molar refractivity (Wildman–Crippen MR) is 60.5 cm³/mol. The van der Waals surface area contributed by atoms with E-state index in [1.807, 2.05) is 6.92 Å². The molecule has 1 N–H and O–H groups in total. The summed E-state index contributed by atoms with van der Waals surface area (Å²) in [6.45, 7) is 2.71. The first-order chi connectivity index (χ1) is 8.19. The Morgan fingerprint density at radius 1 is 1.41 bits per heavy atom. The van der Waals surface area contributed by atoms with E-state index in [9.17, 15) is 9.90 Å². The Bertz CT molecular complexity index is 396. The van der Waals surface area contributed by atoms with Crippen LogP contribution >= 0.6 is 0 Å². The molecule has 1 aliphatic carbocycles. The SMILES string of the molecule is CCCn1nnc(C2(C(=O)O)CCCCC2)n1. The van der Waals surface area contributed by atoms with Crippen molar-refractivity contribution in [3.63, 3.8) is 0 Å². The Morgan fingerprint density at radius 2 is 2.12 bits per heavy atom. The minimum atomic E-state index is -0.899. The number of aromatic nitrogens is 4. The highest BCUT2D eigenvalue weighted by molar-refractivity contribution is 5.80. The van der Waals surface area contributed by atoms with Crippen LogP contribution in [-0.4, -0.2) is 31.3 Å². The van der Waals surface area contributed by atoms with Gasteiger partial charge in [0.05, 0.1) is 6.54 Å². The fourth-order valence-electron chi connectivity index (χ4n) is 2.42. The molecule has 17 heavy (non-hydrogen) atoms. The molecule has 0 aliphatic heterocycles. The summed E-state index contributed by atoms with van der Waals surface area (Å²) in [6, 6.07) is 0. The lowest BCUT2D eigenvalue weighted by molar-refractivity contribution is -0.145. The maximum atomic E-state index is 11.5. The first-order valence-corrected chi connectivity index (χ1v) is 6.21. The van der Waals surface area contributed by atoms with Gasteiger partial charge in [-0.3, -0.25) is 4.79 Å². The number of carboxylic acid groups (broad SMARTS) is 1. The third-order valence-corrected chi connectivity index (χ3v) is 3.42. The molecule has 2 rings (SSSR count). The normalized spacial score (nSPS) is 19.1. The predicted octanol–water partition coefficient (Wildman–Crippen LogP) is 1.37. The van der Waals surface area contributed by atoms with Crippen molar-refractivity contribution in [3.8, 4) is 0 Å². The van der Waals surface area contributed by atoms with Crippen LogP contribution in [0.3, 0.4) is 0 Å². The van der Waals surface area contributed by atoms with E-state index in [-0.39, 0.29) is 0 Å². The van der Waals surface area contributed by atoms with Gasteiger partial charge in [-0.15, -0.1) is 10.2 Å². The summed E-state index contributed by atoms with van der Waals surface area (Å²) in [7, 11) is 0. The summed E-state index contributed by atoms with van der Waals surface area (Å²) in [4.78, 5) is 13.0. The van der Waals surface area contributed by atoms with Crippen molar-refractivity contribution in [2.75, 3.05) is 0 Å². The topological polar surface area (TPSA) is 80.9 Å². The zero-order chi connectivity index (χ0) is 12.3. The molecule has 0 radical (unpaired) electrons. The van der Waals surface area contributed by atoms with E-state index in [1.54, 1.807) is 0 Å². The molecule has 0 saturated heterocycles. The monoisotopic (exact) mass is 238 g/mol. The van der Waals surface area contributed by atoms with Crippen LogP contribution in [0.2, 0.25) is 0 Å². The molecule has 1 aromatic rings. The van der Waals surface area contributed by atoms with E-state index in [1.165, 1.54) is 4.80 Å². The summed E-state index contributed by atoms with van der Waals surface area (Å²) >= 11 is 0. The van der Waals surface area contributed by atoms with Crippen molar-refractivity contribution in [2.45, 2.75) is 57.4 Å². The van der Waals surface area contributed by atoms with Crippen LogP contribution in [-0.2, 0) is 16.8 Å². The van der Waals surface area contributed by atoms with E-state index in [2.05, 4.69) is 15.4 Å². The third-order valence-electron chi connectivity index (χ3n) is 3.42. The van der Waals surface area contributed by atoms with Gasteiger partial charge >= 0.3 is 5.97 Å². The molecule has 1 saturated carbocycles. The molecule has 1 aromatic heterocycles. The Balaban J connectivity index is 2.28. The molecule has 0 amide bonds. The van der Waals surface area contributed by atoms with Crippen LogP contribution in [0.1, 0.15) is 51.3 Å². The molecule has 94 valence electrons. The Morgan fingerprint density at radius 3 is 2.71 bits per heavy atom. The molecule has 1 aliphatic rings. The van der Waals surface area contributed by atoms with Crippen LogP contribution in [0.5, 0.6) is 0 Å². The van der Waals surface area contributed by atoms with Gasteiger partial charge in [-0.1, -0.05) is 26.2 Å². The zero-order valence-electron chi connectivity index (χ0n) is 10.1. The lowest BCUT2D eigenvalue weighted by atomic mass is 9.73. The maximum absolute atomic E-state index is 11.5. The molecule has 0 unspecified atom stereocenters. The number of carboxylic acids is 1. The van der Waals surface area contributed by atoms with Crippen molar-refractivity contribution >= 4 is 5.97 Å². The number of aryl methyl sites for hydroxylation is 1. The molecule has 1 fully saturated rings. The van der Waals surface area contributed by atoms with Gasteiger partial charge in [-0.05, 0) is 24.5 Å². The van der Waals surface area contributed by atoms with Gasteiger partial charge in [-0.25, -0.2) is 0 Å². The number of hydrogen-bond donors (Lipinski definition) is 1. The summed E-state index contributed by atoms with van der Waals surface area (Å²) < 4.78 is 0. The number of carbonyl (C=O) groups is 1. The summed E-state index contributed by atoms with van der Waals surface area (Å²) in [5, 5.41) is 21.6. The van der Waals surface area contributed by atoms with Gasteiger partial charge in [0.25, 0.3) is 0 Å². The van der Waals surface area contributed by atoms with Crippen LogP contribution in [0.25, 0.3) is 0 Å². The lowest BCUT2D eigenvalue weighted by Gasteiger charge is -2.29. The van der Waals surface area contributed by atoms with Crippen LogP contribution in [0.4, 0.5) is 0 Å². The van der Waals surface area contributed by atoms with Crippen molar-refractivity contribution < 1.29 is 9.90 Å². The third kappa shape index (κ3) is 2.16. The molecule has 1 heterocycles. The fourth-order valence-corrected chi connectivity index (χ4v) is 2.42. The molecular weight excluding hydrogens is 220 g/mol. The summed E-state index contributed by atoms with van der Waals surface area (Å²) in [5.74, 6) is -0.425. The zero-order valence-corrected chi connectivity index (χ0v) is 10.1. The lowest BCUT2D eigenvalue weighted by Crippen LogP contribution is -2.39. The minimum absolute atomic E-state index is 0.387. The standard InChI is InChI=1S/C11H18N4O2/c1-2-8-15-13-9(12-14-15)11(10(16)17)6-4-3-5-7-11/h2-8H2,1H3,(H,16,17). The van der Waals surface area contributed by atoms with E-state index >= 15 is 0 Å². The summed E-state index contributed by atoms with van der Waals surface area (Å²) in [5.41, 5.74) is -0.899. The number of aliphatic carboxylic acids is 1. The van der Waals surface area contributed by atoms with Crippen molar-refractivity contribution in [1.82, 2.24) is 20.2 Å². The van der Waals surface area contributed by atoms with E-state index < -0.39 is 11.4 Å². The van der Waals surface area contributed by atoms with Gasteiger partial charge in [0.1, 0.15) is 5.41 Å². The summed E-state index contributed by atoms with van der Waals surface area (Å²) in [6.07, 6.45) is 5.11. The molecule has 0 aromatic carbocycles. The molecule has 0 spiro atoms. The van der Waals surface area contributed by atoms with Crippen LogP contribution in [0.15, 0.2) is 0 Å². The van der Waals surface area contributed by atoms with E-state index in [0.717, 1.165) is 25.7 Å². The first kappa shape index (κ1) is 12.0. The number of rotatable bonds is 4. The second-order valence-electron chi connectivity index (χ2n) is 4.66. The van der Waals surface area contributed by atoms with Crippen molar-refractivity contribution in [3.05, 3.63) is 5.82 Å². The van der Waals surface area contributed by atoms with Crippen LogP contribution in [0, 0.1) is 0 Å². The average Bonchev–Trinajstić information content (AvgIpc) is 2.79. The number of nitrogens with zero attached hydrogens (tertiary/aromatic N) is 4. The molecule has 0 atom stereocenters. The molecule has 6 heteroatoms. The minimum Gasteiger partial charge on any atom is -0.480 e. The molecule has 0 bridgehead atoms. The van der Waals surface area contributed by atoms with Gasteiger partial charge in [0, 0.05) is 0 Å². The van der Waals surface area contributed by atoms with Gasteiger partial charge in [0.2, 0.25) is 0 Å². The second-order valence-corrected chi connectivity index (χ2v) is 4.66. The fraction of sp³-hybridized carbons (Fsp3) is 0.818. The Hall–Kier alpha value is -1.46. The van der Waals surface area contributed by atoms with Gasteiger partial charge < -0.3 is 5.11 Å². The average molecular weight is 238 g/mol. The highest BCUT2D eigenvalue weighted by Gasteiger charge is 2.45. The highest BCUT2D eigenvalue weighted by atomic mass is 16.4.